The Kier molecular flexibility index (Phi) is 4.86. The van der Waals surface area contributed by atoms with Gasteiger partial charge in [0.1, 0.15) is 0 Å². The van der Waals surface area contributed by atoms with Gasteiger partial charge in [0.25, 0.3) is 0 Å². The van der Waals surface area contributed by atoms with E-state index in [0.717, 1.165) is 43.0 Å². The molecule has 1 aliphatic rings. The van der Waals surface area contributed by atoms with Crippen molar-refractivity contribution in [3.05, 3.63) is 11.7 Å². The van der Waals surface area contributed by atoms with Gasteiger partial charge >= 0.3 is 0 Å². The molecule has 5 heteroatoms. The first-order valence-electron chi connectivity index (χ1n) is 6.39. The molecule has 1 N–H and O–H groups in total. The highest BCUT2D eigenvalue weighted by atomic mass is 32.2. The number of aromatic nitrogens is 2. The Morgan fingerprint density at radius 3 is 3.00 bits per heavy atom. The fourth-order valence-electron chi connectivity index (χ4n) is 2.25. The molecule has 0 aromatic carbocycles. The molecule has 0 aliphatic heterocycles. The lowest BCUT2D eigenvalue weighted by atomic mass is 9.97. The third-order valence-electron chi connectivity index (χ3n) is 3.22. The molecule has 1 aromatic rings. The molecule has 1 fully saturated rings. The first kappa shape index (κ1) is 12.9. The molecule has 0 saturated heterocycles. The number of nitrogens with zero attached hydrogens (tertiary/aromatic N) is 2. The topological polar surface area (TPSA) is 59.2 Å². The number of hydrogen-bond donors (Lipinski definition) is 1. The molecular formula is C12H20N2O2S. The molecule has 0 bridgehead atoms. The van der Waals surface area contributed by atoms with E-state index in [2.05, 4.69) is 17.1 Å². The zero-order valence-corrected chi connectivity index (χ0v) is 11.1. The van der Waals surface area contributed by atoms with E-state index < -0.39 is 0 Å². The normalized spacial score (nSPS) is 25.8. The van der Waals surface area contributed by atoms with Crippen LogP contribution in [0.3, 0.4) is 0 Å². The quantitative estimate of drug-likeness (QED) is 0.839. The van der Waals surface area contributed by atoms with E-state index in [1.165, 1.54) is 6.42 Å². The molecule has 2 atom stereocenters. The summed E-state index contributed by atoms with van der Waals surface area (Å²) < 4.78 is 5.29. The number of aliphatic hydroxyl groups is 1. The monoisotopic (exact) mass is 256 g/mol. The summed E-state index contributed by atoms with van der Waals surface area (Å²) in [5.74, 6) is 3.28. The number of aliphatic hydroxyl groups excluding tert-OH is 1. The lowest BCUT2D eigenvalue weighted by Gasteiger charge is -2.15. The van der Waals surface area contributed by atoms with Gasteiger partial charge in [-0.05, 0) is 18.6 Å². The molecule has 17 heavy (non-hydrogen) atoms. The predicted molar refractivity (Wildman–Crippen MR) is 68.0 cm³/mol. The second-order valence-electron chi connectivity index (χ2n) is 4.50. The predicted octanol–water partition coefficient (Wildman–Crippen LogP) is 2.73. The molecule has 1 heterocycles. The minimum absolute atomic E-state index is 0.0466. The summed E-state index contributed by atoms with van der Waals surface area (Å²) in [5.41, 5.74) is 0. The van der Waals surface area contributed by atoms with E-state index in [0.29, 0.717) is 5.89 Å². The Morgan fingerprint density at radius 2 is 2.18 bits per heavy atom. The van der Waals surface area contributed by atoms with Crippen LogP contribution in [0.15, 0.2) is 4.52 Å². The second kappa shape index (κ2) is 6.40. The third-order valence-corrected chi connectivity index (χ3v) is 4.09. The summed E-state index contributed by atoms with van der Waals surface area (Å²) in [7, 11) is 0. The fraction of sp³-hybridized carbons (Fsp3) is 0.833. The van der Waals surface area contributed by atoms with E-state index in [4.69, 9.17) is 4.52 Å². The lowest BCUT2D eigenvalue weighted by molar-refractivity contribution is 0.119. The maximum absolute atomic E-state index is 10.1. The second-order valence-corrected chi connectivity index (χ2v) is 5.77. The number of hydrogen-bond acceptors (Lipinski definition) is 5. The van der Waals surface area contributed by atoms with Crippen LogP contribution in [0.25, 0.3) is 0 Å². The Balaban J connectivity index is 2.01. The molecule has 2 unspecified atom stereocenters. The van der Waals surface area contributed by atoms with Gasteiger partial charge in [-0.2, -0.15) is 16.7 Å². The zero-order chi connectivity index (χ0) is 12.1. The van der Waals surface area contributed by atoms with Gasteiger partial charge in [0.05, 0.1) is 17.8 Å². The lowest BCUT2D eigenvalue weighted by Crippen LogP contribution is -2.17. The summed E-state index contributed by atoms with van der Waals surface area (Å²) in [6.07, 6.45) is 4.94. The third kappa shape index (κ3) is 3.45. The van der Waals surface area contributed by atoms with Crippen molar-refractivity contribution >= 4 is 11.8 Å². The molecule has 2 rings (SSSR count). The van der Waals surface area contributed by atoms with E-state index >= 15 is 0 Å². The molecule has 96 valence electrons. The summed E-state index contributed by atoms with van der Waals surface area (Å²) in [5, 5.41) is 14.0. The maximum atomic E-state index is 10.1. The Hall–Kier alpha value is -0.550. The summed E-state index contributed by atoms with van der Waals surface area (Å²) in [6, 6.07) is 0. The van der Waals surface area contributed by atoms with Crippen molar-refractivity contribution in [2.45, 2.75) is 56.8 Å². The average molecular weight is 256 g/mol. The van der Waals surface area contributed by atoms with Crippen LogP contribution in [0.4, 0.5) is 0 Å². The summed E-state index contributed by atoms with van der Waals surface area (Å²) >= 11 is 1.78. The minimum atomic E-state index is -0.315. The van der Waals surface area contributed by atoms with Crippen LogP contribution in [0.1, 0.15) is 56.7 Å². The Morgan fingerprint density at radius 1 is 1.35 bits per heavy atom. The van der Waals surface area contributed by atoms with Gasteiger partial charge in [-0.15, -0.1) is 0 Å². The van der Waals surface area contributed by atoms with Crippen molar-refractivity contribution in [3.63, 3.8) is 0 Å². The van der Waals surface area contributed by atoms with E-state index in [-0.39, 0.29) is 12.0 Å². The smallest absolute Gasteiger partial charge is 0.232 e. The fourth-order valence-corrected chi connectivity index (χ4v) is 2.75. The Labute approximate surface area is 106 Å². The Bertz CT molecular complexity index is 343. The highest BCUT2D eigenvalue weighted by Gasteiger charge is 2.28. The van der Waals surface area contributed by atoms with Gasteiger partial charge in [-0.3, -0.25) is 0 Å². The molecule has 1 aliphatic carbocycles. The van der Waals surface area contributed by atoms with Gasteiger partial charge in [0.15, 0.2) is 5.82 Å². The van der Waals surface area contributed by atoms with Gasteiger partial charge in [0.2, 0.25) is 5.89 Å². The highest BCUT2D eigenvalue weighted by molar-refractivity contribution is 7.98. The largest absolute Gasteiger partial charge is 0.392 e. The van der Waals surface area contributed by atoms with Crippen molar-refractivity contribution in [1.82, 2.24) is 10.1 Å². The van der Waals surface area contributed by atoms with E-state index in [9.17, 15) is 5.11 Å². The molecule has 0 radical (unpaired) electrons. The van der Waals surface area contributed by atoms with Crippen molar-refractivity contribution in [2.24, 2.45) is 0 Å². The van der Waals surface area contributed by atoms with Crippen LogP contribution in [-0.2, 0) is 5.75 Å². The molecular weight excluding hydrogens is 236 g/mol. The van der Waals surface area contributed by atoms with Crippen LogP contribution in [0, 0.1) is 0 Å². The SMILES string of the molecule is CCSCc1noc(C2CCCCCC2O)n1. The van der Waals surface area contributed by atoms with Crippen molar-refractivity contribution in [1.29, 1.82) is 0 Å². The first-order valence-corrected chi connectivity index (χ1v) is 7.55. The molecule has 1 aromatic heterocycles. The molecule has 1 saturated carbocycles. The first-order chi connectivity index (χ1) is 8.31. The van der Waals surface area contributed by atoms with Crippen molar-refractivity contribution in [3.8, 4) is 0 Å². The van der Waals surface area contributed by atoms with Crippen LogP contribution in [0.5, 0.6) is 0 Å². The van der Waals surface area contributed by atoms with Crippen molar-refractivity contribution < 1.29 is 9.63 Å². The summed E-state index contributed by atoms with van der Waals surface area (Å²) in [6.45, 7) is 2.11. The van der Waals surface area contributed by atoms with E-state index in [1.54, 1.807) is 11.8 Å². The standard InChI is InChI=1S/C12H20N2O2S/c1-2-17-8-11-13-12(16-14-11)9-6-4-3-5-7-10(9)15/h9-10,15H,2-8H2,1H3. The average Bonchev–Trinajstić information content (AvgIpc) is 2.69. The molecule has 0 spiro atoms. The summed E-state index contributed by atoms with van der Waals surface area (Å²) in [4.78, 5) is 4.40. The molecule has 4 nitrogen and oxygen atoms in total. The van der Waals surface area contributed by atoms with Gasteiger partial charge in [-0.1, -0.05) is 31.3 Å². The van der Waals surface area contributed by atoms with Crippen LogP contribution >= 0.6 is 11.8 Å². The van der Waals surface area contributed by atoms with Crippen LogP contribution < -0.4 is 0 Å². The molecule has 0 amide bonds. The van der Waals surface area contributed by atoms with E-state index in [1.807, 2.05) is 0 Å². The van der Waals surface area contributed by atoms with Crippen molar-refractivity contribution in [2.75, 3.05) is 5.75 Å². The highest BCUT2D eigenvalue weighted by Crippen LogP contribution is 2.31. The van der Waals surface area contributed by atoms with Crippen LogP contribution in [0.2, 0.25) is 0 Å². The number of rotatable bonds is 4. The van der Waals surface area contributed by atoms with Gasteiger partial charge in [0, 0.05) is 0 Å². The maximum Gasteiger partial charge on any atom is 0.232 e. The minimum Gasteiger partial charge on any atom is -0.392 e. The van der Waals surface area contributed by atoms with Gasteiger partial charge in [-0.25, -0.2) is 0 Å². The zero-order valence-electron chi connectivity index (χ0n) is 10.3. The van der Waals surface area contributed by atoms with Gasteiger partial charge < -0.3 is 9.63 Å². The number of thioether (sulfide) groups is 1. The van der Waals surface area contributed by atoms with Crippen LogP contribution in [-0.4, -0.2) is 27.1 Å².